The smallest absolute Gasteiger partial charge is 0.417 e. The normalized spacial score (nSPS) is 11.9. The number of hydrogen-bond acceptors (Lipinski definition) is 6. The van der Waals surface area contributed by atoms with Gasteiger partial charge >= 0.3 is 11.9 Å². The zero-order valence-electron chi connectivity index (χ0n) is 14.4. The van der Waals surface area contributed by atoms with Crippen molar-refractivity contribution >= 4 is 17.3 Å². The van der Waals surface area contributed by atoms with Gasteiger partial charge in [-0.1, -0.05) is 0 Å². The molecule has 0 saturated heterocycles. The molecule has 1 aromatic carbocycles. The van der Waals surface area contributed by atoms with Gasteiger partial charge in [0.15, 0.2) is 17.1 Å². The summed E-state index contributed by atoms with van der Waals surface area (Å²) in [6, 6.07) is 3.75. The second-order valence-electron chi connectivity index (χ2n) is 5.79. The zero-order chi connectivity index (χ0) is 21.4. The Morgan fingerprint density at radius 1 is 1.29 bits per heavy atom. The Kier molecular flexibility index (Phi) is 5.18. The van der Waals surface area contributed by atoms with Crippen LogP contribution in [-0.4, -0.2) is 15.1 Å². The van der Waals surface area contributed by atoms with Crippen LogP contribution in [0.1, 0.15) is 28.1 Å². The van der Waals surface area contributed by atoms with Crippen LogP contribution in [0, 0.1) is 40.5 Å². The average molecular weight is 395 g/mol. The zero-order valence-corrected chi connectivity index (χ0v) is 14.4. The van der Waals surface area contributed by atoms with Gasteiger partial charge < -0.3 is 15.4 Å². The number of nitro benzene ring substituents is 1. The molecule has 0 spiro atoms. The van der Waals surface area contributed by atoms with Crippen LogP contribution in [0.25, 0.3) is 11.6 Å². The summed E-state index contributed by atoms with van der Waals surface area (Å²) in [6.45, 7) is 2.28. The molecule has 0 aliphatic heterocycles. The molecule has 11 heteroatoms. The van der Waals surface area contributed by atoms with Gasteiger partial charge in [0.2, 0.25) is 5.75 Å². The number of rotatable bonds is 3. The van der Waals surface area contributed by atoms with Crippen molar-refractivity contribution in [1.82, 2.24) is 0 Å². The van der Waals surface area contributed by atoms with Crippen molar-refractivity contribution < 1.29 is 33.0 Å². The SMILES string of the molecule is Cc1cc(C(F)(F)F)c(C(C#N)=Cc2cc(O)c(O)c([N+](=O)[O-])c2)c(C)[n+]1[O-]. The number of benzene rings is 1. The molecule has 0 unspecified atom stereocenters. The van der Waals surface area contributed by atoms with Gasteiger partial charge in [-0.15, -0.1) is 0 Å². The van der Waals surface area contributed by atoms with Gasteiger partial charge in [-0.05, 0) is 17.7 Å². The van der Waals surface area contributed by atoms with Gasteiger partial charge in [0.25, 0.3) is 0 Å². The summed E-state index contributed by atoms with van der Waals surface area (Å²) in [6.07, 6.45) is -4.03. The number of aromatic nitrogens is 1. The van der Waals surface area contributed by atoms with Crippen LogP contribution in [0.2, 0.25) is 0 Å². The van der Waals surface area contributed by atoms with E-state index in [4.69, 9.17) is 0 Å². The Bertz CT molecular complexity index is 1060. The minimum atomic E-state index is -4.88. The number of alkyl halides is 3. The lowest BCUT2D eigenvalue weighted by molar-refractivity contribution is -0.619. The van der Waals surface area contributed by atoms with Crippen LogP contribution in [0.3, 0.4) is 0 Å². The Hall–Kier alpha value is -3.81. The van der Waals surface area contributed by atoms with Gasteiger partial charge in [-0.25, -0.2) is 0 Å². The molecule has 2 rings (SSSR count). The molecular weight excluding hydrogens is 383 g/mol. The number of aryl methyl sites for hydroxylation is 1. The third-order valence-electron chi connectivity index (χ3n) is 3.90. The molecule has 2 aromatic rings. The lowest BCUT2D eigenvalue weighted by atomic mass is 9.96. The molecule has 0 radical (unpaired) electrons. The van der Waals surface area contributed by atoms with Crippen LogP contribution in [0.15, 0.2) is 18.2 Å². The molecule has 1 heterocycles. The molecule has 2 N–H and O–H groups in total. The van der Waals surface area contributed by atoms with Crippen molar-refractivity contribution in [2.75, 3.05) is 0 Å². The summed E-state index contributed by atoms with van der Waals surface area (Å²) in [5.41, 5.74) is -4.26. The van der Waals surface area contributed by atoms with Crippen molar-refractivity contribution in [2.24, 2.45) is 0 Å². The maximum atomic E-state index is 13.5. The Morgan fingerprint density at radius 3 is 2.39 bits per heavy atom. The third-order valence-corrected chi connectivity index (χ3v) is 3.90. The van der Waals surface area contributed by atoms with Crippen molar-refractivity contribution in [3.05, 3.63) is 61.6 Å². The topological polar surface area (TPSA) is 134 Å². The lowest BCUT2D eigenvalue weighted by Gasteiger charge is -2.16. The Labute approximate surface area is 155 Å². The van der Waals surface area contributed by atoms with Gasteiger partial charge in [0.1, 0.15) is 6.07 Å². The molecule has 28 heavy (non-hydrogen) atoms. The Balaban J connectivity index is 2.83. The van der Waals surface area contributed by atoms with E-state index in [0.717, 1.165) is 25.1 Å². The number of allylic oxidation sites excluding steroid dienone is 1. The number of nitro groups is 1. The van der Waals surface area contributed by atoms with E-state index in [2.05, 4.69) is 0 Å². The van der Waals surface area contributed by atoms with Crippen molar-refractivity contribution in [3.63, 3.8) is 0 Å². The fourth-order valence-corrected chi connectivity index (χ4v) is 2.64. The molecule has 0 aliphatic rings. The molecule has 1 aromatic heterocycles. The number of halogens is 3. The van der Waals surface area contributed by atoms with Crippen molar-refractivity contribution in [1.29, 1.82) is 5.26 Å². The first-order chi connectivity index (χ1) is 12.9. The van der Waals surface area contributed by atoms with Crippen LogP contribution in [-0.2, 0) is 6.18 Å². The first kappa shape index (κ1) is 20.5. The fourth-order valence-electron chi connectivity index (χ4n) is 2.64. The van der Waals surface area contributed by atoms with E-state index < -0.39 is 50.7 Å². The Morgan fingerprint density at radius 2 is 1.89 bits per heavy atom. The highest BCUT2D eigenvalue weighted by Crippen LogP contribution is 2.39. The summed E-state index contributed by atoms with van der Waals surface area (Å²) >= 11 is 0. The van der Waals surface area contributed by atoms with E-state index in [1.165, 1.54) is 6.92 Å². The van der Waals surface area contributed by atoms with Crippen LogP contribution in [0.4, 0.5) is 18.9 Å². The standard InChI is InChI=1S/C17H12F3N3O5/c1-8-3-12(17(18,19)20)15(9(2)22(8)26)11(7-21)4-10-5-13(23(27)28)16(25)14(24)6-10/h3-6,24-25H,1-2H3. The number of nitrogens with zero attached hydrogens (tertiary/aromatic N) is 3. The quantitative estimate of drug-likeness (QED) is 0.204. The largest absolute Gasteiger partial charge is 0.618 e. The first-order valence-electron chi connectivity index (χ1n) is 7.52. The molecule has 0 bridgehead atoms. The van der Waals surface area contributed by atoms with E-state index in [1.807, 2.05) is 0 Å². The highest BCUT2D eigenvalue weighted by atomic mass is 19.4. The van der Waals surface area contributed by atoms with Gasteiger partial charge in [0, 0.05) is 26.0 Å². The molecule has 0 atom stereocenters. The number of phenols is 2. The van der Waals surface area contributed by atoms with E-state index in [-0.39, 0.29) is 16.0 Å². The number of aromatic hydroxyl groups is 2. The summed E-state index contributed by atoms with van der Waals surface area (Å²) < 4.78 is 40.6. The van der Waals surface area contributed by atoms with Gasteiger partial charge in [-0.2, -0.15) is 23.2 Å². The lowest BCUT2D eigenvalue weighted by Crippen LogP contribution is -2.36. The van der Waals surface area contributed by atoms with Gasteiger partial charge in [-0.3, -0.25) is 10.1 Å². The highest BCUT2D eigenvalue weighted by molar-refractivity contribution is 5.92. The summed E-state index contributed by atoms with van der Waals surface area (Å²) in [7, 11) is 0. The average Bonchev–Trinajstić information content (AvgIpc) is 2.59. The second kappa shape index (κ2) is 7.07. The number of phenolic OH excluding ortho intramolecular Hbond substituents is 2. The number of hydrogen-bond donors (Lipinski definition) is 2. The minimum Gasteiger partial charge on any atom is -0.618 e. The first-order valence-corrected chi connectivity index (χ1v) is 7.52. The second-order valence-corrected chi connectivity index (χ2v) is 5.79. The van der Waals surface area contributed by atoms with Crippen LogP contribution >= 0.6 is 0 Å². The third kappa shape index (κ3) is 3.66. The highest BCUT2D eigenvalue weighted by Gasteiger charge is 2.38. The van der Waals surface area contributed by atoms with E-state index >= 15 is 0 Å². The summed E-state index contributed by atoms with van der Waals surface area (Å²) in [4.78, 5) is 9.92. The van der Waals surface area contributed by atoms with Crippen molar-refractivity contribution in [2.45, 2.75) is 20.0 Å². The molecule has 0 amide bonds. The molecular formula is C17H12F3N3O5. The number of nitriles is 1. The van der Waals surface area contributed by atoms with E-state index in [9.17, 15) is 44.0 Å². The summed E-state index contributed by atoms with van der Waals surface area (Å²) in [5, 5.41) is 51.4. The van der Waals surface area contributed by atoms with Crippen molar-refractivity contribution in [3.8, 4) is 17.6 Å². The molecule has 146 valence electrons. The fraction of sp³-hybridized carbons (Fsp3) is 0.176. The minimum absolute atomic E-state index is 0.218. The van der Waals surface area contributed by atoms with Gasteiger partial charge in [0.05, 0.1) is 21.6 Å². The molecule has 0 aliphatic carbocycles. The van der Waals surface area contributed by atoms with Crippen LogP contribution in [0.5, 0.6) is 11.5 Å². The van der Waals surface area contributed by atoms with E-state index in [0.29, 0.717) is 6.07 Å². The predicted octanol–water partition coefficient (Wildman–Crippen LogP) is 3.34. The maximum absolute atomic E-state index is 13.5. The monoisotopic (exact) mass is 395 g/mol. The molecule has 0 saturated carbocycles. The number of pyridine rings is 1. The molecule has 8 nitrogen and oxygen atoms in total. The van der Waals surface area contributed by atoms with Crippen LogP contribution < -0.4 is 4.73 Å². The molecule has 0 fully saturated rings. The maximum Gasteiger partial charge on any atom is 0.417 e. The predicted molar refractivity (Wildman–Crippen MR) is 89.8 cm³/mol. The van der Waals surface area contributed by atoms with E-state index in [1.54, 1.807) is 6.07 Å². The summed E-state index contributed by atoms with van der Waals surface area (Å²) in [5.74, 6) is -1.92.